The highest BCUT2D eigenvalue weighted by atomic mass is 35.5. The van der Waals surface area contributed by atoms with Crippen LogP contribution in [0.15, 0.2) is 24.3 Å². The number of carbonyl (C=O) groups excluding carboxylic acids is 1. The van der Waals surface area contributed by atoms with Crippen LogP contribution in [0, 0.1) is 12.8 Å². The van der Waals surface area contributed by atoms with Gasteiger partial charge in [-0.25, -0.2) is 0 Å². The average molecular weight is 403 g/mol. The van der Waals surface area contributed by atoms with Crippen molar-refractivity contribution in [2.75, 3.05) is 57.3 Å². The molecule has 1 unspecified atom stereocenters. The van der Waals surface area contributed by atoms with E-state index in [2.05, 4.69) is 41.0 Å². The Hall–Kier alpha value is -1.01. The summed E-state index contributed by atoms with van der Waals surface area (Å²) in [5.41, 5.74) is 8.33. The molecule has 0 aliphatic carbocycles. The number of rotatable bonds is 5. The fourth-order valence-corrected chi connectivity index (χ4v) is 3.72. The summed E-state index contributed by atoms with van der Waals surface area (Å²) < 4.78 is 0. The number of benzene rings is 1. The molecule has 2 saturated heterocycles. The fraction of sp³-hybridized carbons (Fsp3) is 0.632. The molecule has 7 heteroatoms. The van der Waals surface area contributed by atoms with Gasteiger partial charge in [0.25, 0.3) is 0 Å². The molecule has 2 N–H and O–H groups in total. The van der Waals surface area contributed by atoms with Gasteiger partial charge in [-0.1, -0.05) is 12.1 Å². The first-order chi connectivity index (χ1) is 11.7. The lowest BCUT2D eigenvalue weighted by Crippen LogP contribution is -2.47. The zero-order valence-corrected chi connectivity index (χ0v) is 17.2. The summed E-state index contributed by atoms with van der Waals surface area (Å²) in [4.78, 5) is 19.2. The van der Waals surface area contributed by atoms with E-state index in [1.807, 2.05) is 4.90 Å². The molecule has 5 nitrogen and oxygen atoms in total. The van der Waals surface area contributed by atoms with Gasteiger partial charge in [0.2, 0.25) is 5.91 Å². The summed E-state index contributed by atoms with van der Waals surface area (Å²) in [6, 6.07) is 8.70. The number of halogens is 2. The molecule has 26 heavy (non-hydrogen) atoms. The van der Waals surface area contributed by atoms with Crippen molar-refractivity contribution in [1.82, 2.24) is 9.80 Å². The van der Waals surface area contributed by atoms with E-state index in [-0.39, 0.29) is 24.8 Å². The number of nitrogens with two attached hydrogens (primary N) is 1. The molecule has 1 amide bonds. The van der Waals surface area contributed by atoms with Crippen molar-refractivity contribution >= 4 is 36.4 Å². The topological polar surface area (TPSA) is 52.8 Å². The van der Waals surface area contributed by atoms with Crippen molar-refractivity contribution < 1.29 is 4.79 Å². The molecule has 0 saturated carbocycles. The first-order valence-electron chi connectivity index (χ1n) is 9.17. The van der Waals surface area contributed by atoms with Crippen LogP contribution in [0.2, 0.25) is 0 Å². The van der Waals surface area contributed by atoms with Gasteiger partial charge in [-0.15, -0.1) is 24.8 Å². The van der Waals surface area contributed by atoms with Crippen LogP contribution in [-0.4, -0.2) is 68.1 Å². The molecule has 1 aromatic carbocycles. The van der Waals surface area contributed by atoms with Crippen molar-refractivity contribution in [1.29, 1.82) is 0 Å². The molecule has 0 aromatic heterocycles. The predicted molar refractivity (Wildman–Crippen MR) is 113 cm³/mol. The number of piperazine rings is 1. The number of likely N-dealkylation sites (tertiary alicyclic amines) is 1. The van der Waals surface area contributed by atoms with Crippen molar-refractivity contribution in [3.05, 3.63) is 29.8 Å². The SMILES string of the molecule is Cc1cccc(N2CCN(CCC(=O)N3CCC(CN)C3)CC2)c1.Cl.Cl. The average Bonchev–Trinajstić information content (AvgIpc) is 3.09. The third-order valence-electron chi connectivity index (χ3n) is 5.35. The maximum Gasteiger partial charge on any atom is 0.223 e. The van der Waals surface area contributed by atoms with E-state index in [1.54, 1.807) is 0 Å². The van der Waals surface area contributed by atoms with Gasteiger partial charge in [-0.3, -0.25) is 9.69 Å². The quantitative estimate of drug-likeness (QED) is 0.819. The van der Waals surface area contributed by atoms with E-state index in [0.717, 1.165) is 52.2 Å². The molecule has 0 bridgehead atoms. The number of anilines is 1. The Morgan fingerprint density at radius 3 is 2.50 bits per heavy atom. The second kappa shape index (κ2) is 11.0. The van der Waals surface area contributed by atoms with Crippen LogP contribution in [0.3, 0.4) is 0 Å². The summed E-state index contributed by atoms with van der Waals surface area (Å²) >= 11 is 0. The first-order valence-corrected chi connectivity index (χ1v) is 9.17. The lowest BCUT2D eigenvalue weighted by atomic mass is 10.1. The third-order valence-corrected chi connectivity index (χ3v) is 5.35. The molecule has 2 heterocycles. The lowest BCUT2D eigenvalue weighted by molar-refractivity contribution is -0.130. The van der Waals surface area contributed by atoms with Crippen LogP contribution in [0.1, 0.15) is 18.4 Å². The van der Waals surface area contributed by atoms with E-state index >= 15 is 0 Å². The minimum absolute atomic E-state index is 0. The smallest absolute Gasteiger partial charge is 0.223 e. The highest BCUT2D eigenvalue weighted by Crippen LogP contribution is 2.19. The molecule has 1 atom stereocenters. The molecule has 0 spiro atoms. The number of aryl methyl sites for hydroxylation is 1. The predicted octanol–water partition coefficient (Wildman–Crippen LogP) is 2.16. The molecule has 2 fully saturated rings. The molecule has 2 aliphatic rings. The second-order valence-corrected chi connectivity index (χ2v) is 7.15. The minimum atomic E-state index is 0. The van der Waals surface area contributed by atoms with Gasteiger partial charge in [-0.05, 0) is 43.5 Å². The van der Waals surface area contributed by atoms with Gasteiger partial charge >= 0.3 is 0 Å². The second-order valence-electron chi connectivity index (χ2n) is 7.15. The first kappa shape index (κ1) is 23.0. The molecular formula is C19H32Cl2N4O. The Morgan fingerprint density at radius 2 is 1.88 bits per heavy atom. The summed E-state index contributed by atoms with van der Waals surface area (Å²) in [5.74, 6) is 0.805. The largest absolute Gasteiger partial charge is 0.369 e. The summed E-state index contributed by atoms with van der Waals surface area (Å²) in [6.07, 6.45) is 1.71. The van der Waals surface area contributed by atoms with Crippen LogP contribution in [-0.2, 0) is 4.79 Å². The highest BCUT2D eigenvalue weighted by Gasteiger charge is 2.25. The van der Waals surface area contributed by atoms with Gasteiger partial charge in [0.05, 0.1) is 0 Å². The number of hydrogen-bond donors (Lipinski definition) is 1. The number of carbonyl (C=O) groups is 1. The van der Waals surface area contributed by atoms with Crippen molar-refractivity contribution in [2.45, 2.75) is 19.8 Å². The van der Waals surface area contributed by atoms with Gasteiger partial charge in [0.15, 0.2) is 0 Å². The Bertz CT molecular complexity index is 564. The molecule has 1 aromatic rings. The fourth-order valence-electron chi connectivity index (χ4n) is 3.72. The van der Waals surface area contributed by atoms with E-state index in [0.29, 0.717) is 24.8 Å². The van der Waals surface area contributed by atoms with Crippen molar-refractivity contribution in [2.24, 2.45) is 11.7 Å². The van der Waals surface area contributed by atoms with E-state index in [4.69, 9.17) is 5.73 Å². The summed E-state index contributed by atoms with van der Waals surface area (Å²) in [5, 5.41) is 0. The van der Waals surface area contributed by atoms with Gasteiger partial charge in [-0.2, -0.15) is 0 Å². The summed E-state index contributed by atoms with van der Waals surface area (Å²) in [7, 11) is 0. The summed E-state index contributed by atoms with van der Waals surface area (Å²) in [6.45, 7) is 9.61. The molecule has 2 aliphatic heterocycles. The monoisotopic (exact) mass is 402 g/mol. The van der Waals surface area contributed by atoms with Crippen LogP contribution < -0.4 is 10.6 Å². The van der Waals surface area contributed by atoms with E-state index in [9.17, 15) is 4.79 Å². The third kappa shape index (κ3) is 6.02. The maximum atomic E-state index is 12.3. The number of hydrogen-bond acceptors (Lipinski definition) is 4. The molecule has 0 radical (unpaired) electrons. The number of amides is 1. The van der Waals surface area contributed by atoms with Crippen molar-refractivity contribution in [3.63, 3.8) is 0 Å². The molecule has 3 rings (SSSR count). The maximum absolute atomic E-state index is 12.3. The Morgan fingerprint density at radius 1 is 1.15 bits per heavy atom. The van der Waals surface area contributed by atoms with E-state index < -0.39 is 0 Å². The van der Waals surface area contributed by atoms with Gasteiger partial charge < -0.3 is 15.5 Å². The molecular weight excluding hydrogens is 371 g/mol. The standard InChI is InChI=1S/C19H30N4O.2ClH/c1-16-3-2-4-18(13-16)22-11-9-21(10-12-22)7-6-19(24)23-8-5-17(14-20)15-23;;/h2-4,13,17H,5-12,14-15,20H2,1H3;2*1H. The van der Waals surface area contributed by atoms with Gasteiger partial charge in [0.1, 0.15) is 0 Å². The normalized spacial score (nSPS) is 20.5. The Kier molecular flexibility index (Phi) is 9.72. The van der Waals surface area contributed by atoms with Crippen LogP contribution >= 0.6 is 24.8 Å². The van der Waals surface area contributed by atoms with Crippen LogP contribution in [0.5, 0.6) is 0 Å². The molecule has 148 valence electrons. The Labute approximate surface area is 169 Å². The van der Waals surface area contributed by atoms with Crippen LogP contribution in [0.4, 0.5) is 5.69 Å². The minimum Gasteiger partial charge on any atom is -0.369 e. The van der Waals surface area contributed by atoms with Crippen LogP contribution in [0.25, 0.3) is 0 Å². The lowest BCUT2D eigenvalue weighted by Gasteiger charge is -2.36. The number of nitrogens with zero attached hydrogens (tertiary/aromatic N) is 3. The Balaban J connectivity index is 0.00000169. The highest BCUT2D eigenvalue weighted by molar-refractivity contribution is 5.85. The van der Waals surface area contributed by atoms with Crippen molar-refractivity contribution in [3.8, 4) is 0 Å². The zero-order valence-electron chi connectivity index (χ0n) is 15.6. The van der Waals surface area contributed by atoms with Gasteiger partial charge in [0, 0.05) is 57.9 Å². The zero-order chi connectivity index (χ0) is 16.9. The van der Waals surface area contributed by atoms with E-state index in [1.165, 1.54) is 11.3 Å².